The number of rotatable bonds is 14. The number of hydrogen-bond donors (Lipinski definition) is 2. The largest absolute Gasteiger partial charge is 0.478 e. The van der Waals surface area contributed by atoms with E-state index in [0.717, 1.165) is 68.5 Å². The molecule has 0 amide bonds. The van der Waals surface area contributed by atoms with Crippen molar-refractivity contribution < 1.29 is 27.1 Å². The highest BCUT2D eigenvalue weighted by atomic mass is 32.2. The van der Waals surface area contributed by atoms with Crippen LogP contribution in [0.3, 0.4) is 0 Å². The summed E-state index contributed by atoms with van der Waals surface area (Å²) < 4.78 is 51.3. The van der Waals surface area contributed by atoms with Gasteiger partial charge in [-0.3, -0.25) is 0 Å². The van der Waals surface area contributed by atoms with E-state index in [4.69, 9.17) is 5.11 Å². The molecule has 0 aromatic heterocycles. The molecular weight excluding hydrogens is 484 g/mol. The molecule has 2 N–H and O–H groups in total. The maximum atomic E-state index is 13.8. The second kappa shape index (κ2) is 13.2. The fourth-order valence-corrected chi connectivity index (χ4v) is 5.45. The first-order chi connectivity index (χ1) is 17.3. The molecule has 0 saturated heterocycles. The highest BCUT2D eigenvalue weighted by molar-refractivity contribution is 7.91. The zero-order valence-corrected chi connectivity index (χ0v) is 20.9. The molecular formula is C28H31F2NO4S. The lowest BCUT2D eigenvalue weighted by atomic mass is 10.0. The van der Waals surface area contributed by atoms with Gasteiger partial charge in [-0.15, -0.1) is 0 Å². The highest BCUT2D eigenvalue weighted by Crippen LogP contribution is 2.20. The molecule has 0 aliphatic carbocycles. The van der Waals surface area contributed by atoms with Crippen molar-refractivity contribution in [2.75, 3.05) is 17.6 Å². The van der Waals surface area contributed by atoms with Crippen molar-refractivity contribution in [1.82, 2.24) is 0 Å². The summed E-state index contributed by atoms with van der Waals surface area (Å²) in [5, 5.41) is 12.5. The maximum absolute atomic E-state index is 13.8. The highest BCUT2D eigenvalue weighted by Gasteiger charge is 2.19. The number of nitrogens with one attached hydrogen (secondary N) is 1. The number of carboxylic acids is 1. The van der Waals surface area contributed by atoms with E-state index in [1.807, 2.05) is 30.3 Å². The van der Waals surface area contributed by atoms with Crippen LogP contribution in [0.25, 0.3) is 0 Å². The molecule has 0 aliphatic heterocycles. The van der Waals surface area contributed by atoms with Gasteiger partial charge in [-0.2, -0.15) is 0 Å². The van der Waals surface area contributed by atoms with Crippen molar-refractivity contribution in [3.05, 3.63) is 95.1 Å². The van der Waals surface area contributed by atoms with Crippen LogP contribution < -0.4 is 5.32 Å². The van der Waals surface area contributed by atoms with E-state index in [0.29, 0.717) is 12.5 Å². The molecule has 0 bridgehead atoms. The molecule has 3 rings (SSSR count). The van der Waals surface area contributed by atoms with E-state index in [2.05, 4.69) is 11.4 Å². The molecule has 0 unspecified atom stereocenters. The van der Waals surface area contributed by atoms with Crippen LogP contribution in [0.5, 0.6) is 0 Å². The lowest BCUT2D eigenvalue weighted by molar-refractivity contribution is 0.0697. The number of unbranched alkanes of at least 4 members (excludes halogenated alkanes) is 4. The van der Waals surface area contributed by atoms with Crippen LogP contribution in [0.4, 0.5) is 14.5 Å². The van der Waals surface area contributed by atoms with Crippen molar-refractivity contribution >= 4 is 21.5 Å². The number of carboxylic acid groups (broad SMARTS) is 1. The molecule has 8 heteroatoms. The van der Waals surface area contributed by atoms with Crippen molar-refractivity contribution in [2.45, 2.75) is 49.8 Å². The summed E-state index contributed by atoms with van der Waals surface area (Å²) >= 11 is 0. The van der Waals surface area contributed by atoms with E-state index >= 15 is 0 Å². The number of aromatic carboxylic acids is 1. The van der Waals surface area contributed by atoms with Gasteiger partial charge in [0.15, 0.2) is 9.84 Å². The Balaban J connectivity index is 1.35. The molecule has 0 radical (unpaired) electrons. The summed E-state index contributed by atoms with van der Waals surface area (Å²) in [6.07, 6.45) is 5.54. The van der Waals surface area contributed by atoms with Gasteiger partial charge in [0, 0.05) is 18.3 Å². The zero-order chi connectivity index (χ0) is 26.0. The third-order valence-corrected chi connectivity index (χ3v) is 7.86. The molecule has 0 saturated carbocycles. The molecule has 36 heavy (non-hydrogen) atoms. The molecule has 0 heterocycles. The molecule has 5 nitrogen and oxygen atoms in total. The van der Waals surface area contributed by atoms with Gasteiger partial charge in [0.1, 0.15) is 16.5 Å². The number of halogens is 2. The van der Waals surface area contributed by atoms with Crippen LogP contribution in [0.1, 0.15) is 53.6 Å². The third-order valence-electron chi connectivity index (χ3n) is 6.04. The average Bonchev–Trinajstić information content (AvgIpc) is 2.85. The average molecular weight is 516 g/mol. The fourth-order valence-electron chi connectivity index (χ4n) is 4.01. The Labute approximate surface area is 211 Å². The molecule has 3 aromatic carbocycles. The first-order valence-corrected chi connectivity index (χ1v) is 13.7. The Morgan fingerprint density at radius 1 is 0.833 bits per heavy atom. The Hall–Kier alpha value is -3.26. The van der Waals surface area contributed by atoms with Crippen LogP contribution in [0, 0.1) is 11.6 Å². The summed E-state index contributed by atoms with van der Waals surface area (Å²) in [7, 11) is -3.76. The predicted molar refractivity (Wildman–Crippen MR) is 137 cm³/mol. The number of anilines is 1. The van der Waals surface area contributed by atoms with E-state index in [9.17, 15) is 22.0 Å². The lowest BCUT2D eigenvalue weighted by Crippen LogP contribution is -2.09. The summed E-state index contributed by atoms with van der Waals surface area (Å²) in [6.45, 7) is 0.795. The molecule has 192 valence electrons. The van der Waals surface area contributed by atoms with Crippen LogP contribution in [0.2, 0.25) is 0 Å². The zero-order valence-electron chi connectivity index (χ0n) is 20.1. The topological polar surface area (TPSA) is 83.5 Å². The normalized spacial score (nSPS) is 11.4. The van der Waals surface area contributed by atoms with E-state index in [-0.39, 0.29) is 11.3 Å². The number of benzene rings is 3. The summed E-state index contributed by atoms with van der Waals surface area (Å²) in [5.74, 6) is -2.92. The van der Waals surface area contributed by atoms with Gasteiger partial charge in [0.05, 0.1) is 11.3 Å². The quantitative estimate of drug-likeness (QED) is 0.195. The Bertz CT molecular complexity index is 1260. The second-order valence-electron chi connectivity index (χ2n) is 8.75. The minimum atomic E-state index is -3.76. The molecule has 0 fully saturated rings. The SMILES string of the molecule is O=C(O)c1ccc(CCc2ccccc2NCCCCCCCS(=O)(=O)c2ccc(F)cc2F)cc1. The van der Waals surface area contributed by atoms with Gasteiger partial charge in [0.2, 0.25) is 0 Å². The van der Waals surface area contributed by atoms with E-state index in [1.54, 1.807) is 12.1 Å². The first kappa shape index (κ1) is 27.3. The van der Waals surface area contributed by atoms with Crippen molar-refractivity contribution in [1.29, 1.82) is 0 Å². The third kappa shape index (κ3) is 8.16. The lowest BCUT2D eigenvalue weighted by Gasteiger charge is -2.12. The molecule has 0 atom stereocenters. The minimum absolute atomic E-state index is 0.153. The van der Waals surface area contributed by atoms with Crippen molar-refractivity contribution in [2.24, 2.45) is 0 Å². The van der Waals surface area contributed by atoms with Crippen LogP contribution >= 0.6 is 0 Å². The Morgan fingerprint density at radius 2 is 1.53 bits per heavy atom. The fraction of sp³-hybridized carbons (Fsp3) is 0.321. The van der Waals surface area contributed by atoms with Gasteiger partial charge in [-0.05, 0) is 67.1 Å². The van der Waals surface area contributed by atoms with E-state index < -0.39 is 32.3 Å². The van der Waals surface area contributed by atoms with Crippen LogP contribution in [-0.4, -0.2) is 31.8 Å². The Morgan fingerprint density at radius 3 is 2.25 bits per heavy atom. The number of aryl methyl sites for hydroxylation is 2. The molecule has 3 aromatic rings. The standard InChI is InChI=1S/C28H31F2NO4S/c29-24-16-17-27(25(30)20-24)36(34,35)19-7-3-1-2-6-18-31-26-9-5-4-8-22(26)13-10-21-11-14-23(15-12-21)28(32)33/h4-5,8-9,11-12,14-17,20,31H,1-3,6-7,10,13,18-19H2,(H,32,33). The number of carbonyl (C=O) groups is 1. The number of sulfone groups is 1. The molecule has 0 aliphatic rings. The minimum Gasteiger partial charge on any atom is -0.478 e. The van der Waals surface area contributed by atoms with E-state index in [1.165, 1.54) is 5.56 Å². The predicted octanol–water partition coefficient (Wildman–Crippen LogP) is 6.28. The van der Waals surface area contributed by atoms with Crippen molar-refractivity contribution in [3.63, 3.8) is 0 Å². The van der Waals surface area contributed by atoms with Gasteiger partial charge >= 0.3 is 5.97 Å². The van der Waals surface area contributed by atoms with Crippen LogP contribution in [-0.2, 0) is 22.7 Å². The van der Waals surface area contributed by atoms with Crippen LogP contribution in [0.15, 0.2) is 71.6 Å². The first-order valence-electron chi connectivity index (χ1n) is 12.1. The monoisotopic (exact) mass is 515 g/mol. The van der Waals surface area contributed by atoms with Gasteiger partial charge in [0.25, 0.3) is 0 Å². The summed E-state index contributed by atoms with van der Waals surface area (Å²) in [6, 6.07) is 17.6. The van der Waals surface area contributed by atoms with Gasteiger partial charge in [-0.25, -0.2) is 22.0 Å². The molecule has 0 spiro atoms. The summed E-state index contributed by atoms with van der Waals surface area (Å²) in [4.78, 5) is 10.6. The van der Waals surface area contributed by atoms with Gasteiger partial charge < -0.3 is 10.4 Å². The maximum Gasteiger partial charge on any atom is 0.335 e. The Kier molecular flexibility index (Phi) is 9.99. The number of para-hydroxylation sites is 1. The van der Waals surface area contributed by atoms with Gasteiger partial charge in [-0.1, -0.05) is 49.6 Å². The van der Waals surface area contributed by atoms with Crippen molar-refractivity contribution in [3.8, 4) is 0 Å². The number of hydrogen-bond acceptors (Lipinski definition) is 4. The second-order valence-corrected chi connectivity index (χ2v) is 10.8. The summed E-state index contributed by atoms with van der Waals surface area (Å²) in [5.41, 5.74) is 3.63. The smallest absolute Gasteiger partial charge is 0.335 e.